The van der Waals surface area contributed by atoms with E-state index < -0.39 is 17.7 Å². The first-order valence-corrected chi connectivity index (χ1v) is 8.42. The highest BCUT2D eigenvalue weighted by Crippen LogP contribution is 2.23. The minimum absolute atomic E-state index is 0.251. The smallest absolute Gasteiger partial charge is 0.344 e. The van der Waals surface area contributed by atoms with Crippen molar-refractivity contribution in [1.29, 1.82) is 0 Å². The highest BCUT2D eigenvalue weighted by Gasteiger charge is 2.13. The molecule has 5 nitrogen and oxygen atoms in total. The Morgan fingerprint density at radius 3 is 2.62 bits per heavy atom. The Morgan fingerprint density at radius 1 is 1.15 bits per heavy atom. The van der Waals surface area contributed by atoms with Gasteiger partial charge in [0.1, 0.15) is 17.4 Å². The summed E-state index contributed by atoms with van der Waals surface area (Å²) >= 11 is 5.85. The highest BCUT2D eigenvalue weighted by atomic mass is 35.5. The number of fused-ring (bicyclic) bond motifs is 1. The molecule has 2 aromatic carbocycles. The first-order chi connectivity index (χ1) is 12.4. The Morgan fingerprint density at radius 2 is 1.88 bits per heavy atom. The van der Waals surface area contributed by atoms with E-state index >= 15 is 0 Å². The van der Waals surface area contributed by atoms with Gasteiger partial charge in [0, 0.05) is 22.5 Å². The number of ether oxygens (including phenoxy) is 2. The molecule has 3 rings (SSSR count). The van der Waals surface area contributed by atoms with Crippen LogP contribution in [0.3, 0.4) is 0 Å². The van der Waals surface area contributed by atoms with Crippen molar-refractivity contribution in [2.24, 2.45) is 0 Å². The number of esters is 1. The number of carbonyl (C=O) groups is 1. The van der Waals surface area contributed by atoms with E-state index in [1.54, 1.807) is 49.4 Å². The zero-order chi connectivity index (χ0) is 18.7. The predicted octanol–water partition coefficient (Wildman–Crippen LogP) is 4.44. The van der Waals surface area contributed by atoms with Gasteiger partial charge in [0.2, 0.25) is 0 Å². The summed E-state index contributed by atoms with van der Waals surface area (Å²) in [5.74, 6) is -0.0828. The molecule has 0 aliphatic rings. The average molecular weight is 373 g/mol. The van der Waals surface area contributed by atoms with Gasteiger partial charge in [0.15, 0.2) is 6.61 Å². The second-order valence-electron chi connectivity index (χ2n) is 5.88. The molecule has 0 bridgehead atoms. The molecule has 3 aromatic rings. The fourth-order valence-corrected chi connectivity index (χ4v) is 2.70. The van der Waals surface area contributed by atoms with E-state index in [1.807, 2.05) is 6.92 Å². The third-order valence-corrected chi connectivity index (χ3v) is 4.18. The van der Waals surface area contributed by atoms with Crippen LogP contribution in [0, 0.1) is 6.92 Å². The molecule has 0 fully saturated rings. The Labute approximate surface area is 155 Å². The van der Waals surface area contributed by atoms with Crippen molar-refractivity contribution in [2.75, 3.05) is 6.61 Å². The van der Waals surface area contributed by atoms with E-state index in [0.717, 1.165) is 16.5 Å². The van der Waals surface area contributed by atoms with Gasteiger partial charge in [-0.15, -0.1) is 0 Å². The van der Waals surface area contributed by atoms with Crippen LogP contribution in [0.15, 0.2) is 57.7 Å². The van der Waals surface area contributed by atoms with Crippen LogP contribution >= 0.6 is 11.6 Å². The van der Waals surface area contributed by atoms with Gasteiger partial charge in [-0.1, -0.05) is 23.7 Å². The number of benzene rings is 2. The van der Waals surface area contributed by atoms with Crippen LogP contribution in [0.25, 0.3) is 11.0 Å². The SMILES string of the molecule is Cc1cc(=O)oc2cc(OCC(=O)O[C@H](C)c3ccc(Cl)cc3)ccc12. The Bertz CT molecular complexity index is 991. The molecule has 0 saturated heterocycles. The monoisotopic (exact) mass is 372 g/mol. The van der Waals surface area contributed by atoms with Crippen LogP contribution in [-0.2, 0) is 9.53 Å². The zero-order valence-corrected chi connectivity index (χ0v) is 15.1. The molecule has 0 aliphatic carbocycles. The molecule has 0 aliphatic heterocycles. The van der Waals surface area contributed by atoms with E-state index in [0.29, 0.717) is 16.4 Å². The minimum atomic E-state index is -0.502. The van der Waals surface area contributed by atoms with Gasteiger partial charge >= 0.3 is 11.6 Å². The molecule has 0 saturated carbocycles. The lowest BCUT2D eigenvalue weighted by Crippen LogP contribution is -2.17. The van der Waals surface area contributed by atoms with E-state index in [2.05, 4.69) is 0 Å². The molecule has 1 heterocycles. The molecule has 1 aromatic heterocycles. The van der Waals surface area contributed by atoms with Gasteiger partial charge in [-0.3, -0.25) is 0 Å². The highest BCUT2D eigenvalue weighted by molar-refractivity contribution is 6.30. The van der Waals surface area contributed by atoms with Crippen LogP contribution < -0.4 is 10.4 Å². The second-order valence-corrected chi connectivity index (χ2v) is 6.32. The average Bonchev–Trinajstić information content (AvgIpc) is 2.60. The maximum absolute atomic E-state index is 12.0. The van der Waals surface area contributed by atoms with Crippen LogP contribution in [0.4, 0.5) is 0 Å². The van der Waals surface area contributed by atoms with E-state index in [9.17, 15) is 9.59 Å². The second kappa shape index (κ2) is 7.62. The molecular weight excluding hydrogens is 356 g/mol. The molecule has 6 heteroatoms. The lowest BCUT2D eigenvalue weighted by Gasteiger charge is -2.14. The van der Waals surface area contributed by atoms with Gasteiger partial charge in [-0.05, 0) is 49.2 Å². The maximum Gasteiger partial charge on any atom is 0.344 e. The number of aryl methyl sites for hydroxylation is 1. The first kappa shape index (κ1) is 18.0. The van der Waals surface area contributed by atoms with Gasteiger partial charge < -0.3 is 13.9 Å². The summed E-state index contributed by atoms with van der Waals surface area (Å²) < 4.78 is 16.0. The molecule has 26 heavy (non-hydrogen) atoms. The third-order valence-electron chi connectivity index (χ3n) is 3.93. The third kappa shape index (κ3) is 4.24. The standard InChI is InChI=1S/C20H17ClO5/c1-12-9-19(22)26-18-10-16(7-8-17(12)18)24-11-20(23)25-13(2)14-3-5-15(21)6-4-14/h3-10,13H,11H2,1-2H3/t13-/m1/s1. The molecular formula is C20H17ClO5. The number of rotatable bonds is 5. The molecule has 134 valence electrons. The van der Waals surface area contributed by atoms with Gasteiger partial charge in [-0.2, -0.15) is 0 Å². The molecule has 0 radical (unpaired) electrons. The normalized spacial score (nSPS) is 12.0. The maximum atomic E-state index is 12.0. The van der Waals surface area contributed by atoms with Crippen molar-refractivity contribution in [3.8, 4) is 5.75 Å². The number of hydrogen-bond acceptors (Lipinski definition) is 5. The molecule has 0 amide bonds. The summed E-state index contributed by atoms with van der Waals surface area (Å²) in [6.07, 6.45) is -0.416. The summed E-state index contributed by atoms with van der Waals surface area (Å²) in [5.41, 5.74) is 1.64. The minimum Gasteiger partial charge on any atom is -0.482 e. The van der Waals surface area contributed by atoms with E-state index in [-0.39, 0.29) is 6.61 Å². The summed E-state index contributed by atoms with van der Waals surface area (Å²) in [4.78, 5) is 23.5. The Hall–Kier alpha value is -2.79. The summed E-state index contributed by atoms with van der Waals surface area (Å²) in [6, 6.07) is 13.6. The van der Waals surface area contributed by atoms with Crippen LogP contribution in [0.5, 0.6) is 5.75 Å². The zero-order valence-electron chi connectivity index (χ0n) is 14.3. The number of carbonyl (C=O) groups excluding carboxylic acids is 1. The Kier molecular flexibility index (Phi) is 5.28. The van der Waals surface area contributed by atoms with Crippen molar-refractivity contribution >= 4 is 28.5 Å². The lowest BCUT2D eigenvalue weighted by molar-refractivity contribution is -0.151. The number of halogens is 1. The van der Waals surface area contributed by atoms with Crippen molar-refractivity contribution in [3.63, 3.8) is 0 Å². The summed E-state index contributed by atoms with van der Waals surface area (Å²) in [5, 5.41) is 1.43. The summed E-state index contributed by atoms with van der Waals surface area (Å²) in [6.45, 7) is 3.35. The van der Waals surface area contributed by atoms with Gasteiger partial charge in [0.05, 0.1) is 0 Å². The fourth-order valence-electron chi connectivity index (χ4n) is 2.57. The first-order valence-electron chi connectivity index (χ1n) is 8.04. The topological polar surface area (TPSA) is 65.7 Å². The fraction of sp³-hybridized carbons (Fsp3) is 0.200. The van der Waals surface area contributed by atoms with E-state index in [4.69, 9.17) is 25.5 Å². The lowest BCUT2D eigenvalue weighted by atomic mass is 10.1. The molecule has 0 N–H and O–H groups in total. The van der Waals surface area contributed by atoms with Crippen molar-refractivity contribution in [1.82, 2.24) is 0 Å². The predicted molar refractivity (Wildman–Crippen MR) is 98.7 cm³/mol. The van der Waals surface area contributed by atoms with E-state index in [1.165, 1.54) is 6.07 Å². The van der Waals surface area contributed by atoms with Crippen molar-refractivity contribution in [2.45, 2.75) is 20.0 Å². The van der Waals surface area contributed by atoms with Crippen LogP contribution in [-0.4, -0.2) is 12.6 Å². The van der Waals surface area contributed by atoms with Gasteiger partial charge in [0.25, 0.3) is 0 Å². The molecule has 1 atom stereocenters. The van der Waals surface area contributed by atoms with Crippen molar-refractivity contribution < 1.29 is 18.7 Å². The Balaban J connectivity index is 1.63. The number of hydrogen-bond donors (Lipinski definition) is 0. The van der Waals surface area contributed by atoms with Crippen molar-refractivity contribution in [3.05, 3.63) is 75.1 Å². The van der Waals surface area contributed by atoms with Crippen LogP contribution in [0.2, 0.25) is 5.02 Å². The molecule has 0 unspecified atom stereocenters. The quantitative estimate of drug-likeness (QED) is 0.489. The summed E-state index contributed by atoms with van der Waals surface area (Å²) in [7, 11) is 0. The van der Waals surface area contributed by atoms with Gasteiger partial charge in [-0.25, -0.2) is 9.59 Å². The van der Waals surface area contributed by atoms with Crippen LogP contribution in [0.1, 0.15) is 24.2 Å². The molecule has 0 spiro atoms. The largest absolute Gasteiger partial charge is 0.482 e.